The molecule has 9 heteroatoms. The van der Waals surface area contributed by atoms with Crippen LogP contribution in [-0.4, -0.2) is 47.9 Å². The number of aldehydes is 1. The lowest BCUT2D eigenvalue weighted by molar-refractivity contribution is -0.131. The minimum absolute atomic E-state index is 0.238. The highest BCUT2D eigenvalue weighted by Gasteiger charge is 2.25. The van der Waals surface area contributed by atoms with Gasteiger partial charge in [-0.3, -0.25) is 9.59 Å². The van der Waals surface area contributed by atoms with E-state index in [0.717, 1.165) is 12.0 Å². The second-order valence-corrected chi connectivity index (χ2v) is 6.49. The molecule has 0 aromatic heterocycles. The SMILES string of the molecule is C[C@@H](O)[C@@H](C=O)NC(=O)[C@H](Cc1ccccc1)NC(=O)CCCCCN=[N+]=[N-]. The Hall–Kier alpha value is -2.90. The van der Waals surface area contributed by atoms with E-state index in [-0.39, 0.29) is 18.7 Å². The average Bonchev–Trinajstić information content (AvgIpc) is 2.68. The van der Waals surface area contributed by atoms with Crippen molar-refractivity contribution in [2.45, 2.75) is 57.2 Å². The predicted molar refractivity (Wildman–Crippen MR) is 104 cm³/mol. The third-order valence-corrected chi connectivity index (χ3v) is 4.13. The summed E-state index contributed by atoms with van der Waals surface area (Å²) in [5, 5.41) is 18.2. The van der Waals surface area contributed by atoms with E-state index in [1.807, 2.05) is 30.3 Å². The summed E-state index contributed by atoms with van der Waals surface area (Å²) in [7, 11) is 0. The Morgan fingerprint density at radius 2 is 1.93 bits per heavy atom. The van der Waals surface area contributed by atoms with Gasteiger partial charge in [0.1, 0.15) is 18.4 Å². The second kappa shape index (κ2) is 13.3. The third kappa shape index (κ3) is 9.16. The van der Waals surface area contributed by atoms with Crippen LogP contribution in [0.3, 0.4) is 0 Å². The minimum atomic E-state index is -1.04. The molecule has 3 N–H and O–H groups in total. The number of carbonyl (C=O) groups excluding carboxylic acids is 3. The van der Waals surface area contributed by atoms with E-state index < -0.39 is 24.1 Å². The maximum absolute atomic E-state index is 12.6. The summed E-state index contributed by atoms with van der Waals surface area (Å²) in [5.74, 6) is -0.807. The van der Waals surface area contributed by atoms with Gasteiger partial charge in [-0.2, -0.15) is 0 Å². The molecule has 0 radical (unpaired) electrons. The van der Waals surface area contributed by atoms with Crippen LogP contribution in [0.2, 0.25) is 0 Å². The lowest BCUT2D eigenvalue weighted by atomic mass is 10.0. The van der Waals surface area contributed by atoms with Crippen molar-refractivity contribution in [2.75, 3.05) is 6.54 Å². The number of rotatable bonds is 13. The molecule has 0 aliphatic heterocycles. The van der Waals surface area contributed by atoms with Crippen LogP contribution < -0.4 is 10.6 Å². The maximum atomic E-state index is 12.6. The molecule has 2 amide bonds. The van der Waals surface area contributed by atoms with Crippen molar-refractivity contribution in [3.63, 3.8) is 0 Å². The lowest BCUT2D eigenvalue weighted by Crippen LogP contribution is -2.53. The summed E-state index contributed by atoms with van der Waals surface area (Å²) < 4.78 is 0. The Morgan fingerprint density at radius 1 is 1.21 bits per heavy atom. The van der Waals surface area contributed by atoms with E-state index in [0.29, 0.717) is 25.7 Å². The largest absolute Gasteiger partial charge is 0.391 e. The molecule has 0 aliphatic carbocycles. The Labute approximate surface area is 164 Å². The molecule has 1 aromatic carbocycles. The molecular formula is C19H27N5O4. The van der Waals surface area contributed by atoms with Gasteiger partial charge in [0.25, 0.3) is 0 Å². The first-order chi connectivity index (χ1) is 13.5. The summed E-state index contributed by atoms with van der Waals surface area (Å²) in [6, 6.07) is 7.30. The number of aliphatic hydroxyl groups is 1. The van der Waals surface area contributed by atoms with E-state index in [1.165, 1.54) is 6.92 Å². The molecule has 9 nitrogen and oxygen atoms in total. The number of carbonyl (C=O) groups is 3. The number of amides is 2. The topological polar surface area (TPSA) is 144 Å². The van der Waals surface area contributed by atoms with Crippen molar-refractivity contribution < 1.29 is 19.5 Å². The van der Waals surface area contributed by atoms with Gasteiger partial charge in [0.15, 0.2) is 0 Å². The van der Waals surface area contributed by atoms with Gasteiger partial charge < -0.3 is 20.5 Å². The van der Waals surface area contributed by atoms with Gasteiger partial charge in [-0.1, -0.05) is 41.9 Å². The Balaban J connectivity index is 2.66. The van der Waals surface area contributed by atoms with Crippen molar-refractivity contribution in [2.24, 2.45) is 5.11 Å². The summed E-state index contributed by atoms with van der Waals surface area (Å²) in [6.45, 7) is 1.80. The number of hydrogen-bond acceptors (Lipinski definition) is 5. The monoisotopic (exact) mass is 389 g/mol. The molecular weight excluding hydrogens is 362 g/mol. The molecule has 0 aliphatic rings. The van der Waals surface area contributed by atoms with Gasteiger partial charge in [-0.25, -0.2) is 0 Å². The molecule has 0 saturated carbocycles. The fourth-order valence-corrected chi connectivity index (χ4v) is 2.55. The number of unbranched alkanes of at least 4 members (excludes halogenated alkanes) is 2. The van der Waals surface area contributed by atoms with Crippen LogP contribution in [0.4, 0.5) is 0 Å². The van der Waals surface area contributed by atoms with E-state index in [9.17, 15) is 19.5 Å². The summed E-state index contributed by atoms with van der Waals surface area (Å²) in [4.78, 5) is 38.5. The first-order valence-electron chi connectivity index (χ1n) is 9.25. The minimum Gasteiger partial charge on any atom is -0.391 e. The second-order valence-electron chi connectivity index (χ2n) is 6.49. The molecule has 0 fully saturated rings. The van der Waals surface area contributed by atoms with Crippen molar-refractivity contribution in [1.29, 1.82) is 0 Å². The number of hydrogen-bond donors (Lipinski definition) is 3. The van der Waals surface area contributed by atoms with Crippen LogP contribution in [0.5, 0.6) is 0 Å². The number of nitrogens with one attached hydrogen (secondary N) is 2. The fraction of sp³-hybridized carbons (Fsp3) is 0.526. The van der Waals surface area contributed by atoms with Crippen molar-refractivity contribution in [3.8, 4) is 0 Å². The number of azide groups is 1. The van der Waals surface area contributed by atoms with Crippen LogP contribution in [0, 0.1) is 0 Å². The van der Waals surface area contributed by atoms with Crippen LogP contribution in [-0.2, 0) is 20.8 Å². The molecule has 1 rings (SSSR count). The zero-order valence-corrected chi connectivity index (χ0v) is 16.0. The highest BCUT2D eigenvalue weighted by atomic mass is 16.3. The van der Waals surface area contributed by atoms with Gasteiger partial charge in [0, 0.05) is 24.3 Å². The number of nitrogens with zero attached hydrogens (tertiary/aromatic N) is 3. The molecule has 0 heterocycles. The van der Waals surface area contributed by atoms with Crippen molar-refractivity contribution in [3.05, 3.63) is 46.3 Å². The maximum Gasteiger partial charge on any atom is 0.243 e. The number of aliphatic hydroxyl groups excluding tert-OH is 1. The quantitative estimate of drug-likeness (QED) is 0.155. The van der Waals surface area contributed by atoms with Gasteiger partial charge in [0.05, 0.1) is 6.10 Å². The molecule has 28 heavy (non-hydrogen) atoms. The van der Waals surface area contributed by atoms with Crippen LogP contribution in [0.15, 0.2) is 35.4 Å². The van der Waals surface area contributed by atoms with E-state index in [1.54, 1.807) is 0 Å². The number of benzene rings is 1. The van der Waals surface area contributed by atoms with Crippen LogP contribution in [0.1, 0.15) is 38.2 Å². The highest BCUT2D eigenvalue weighted by molar-refractivity contribution is 5.89. The standard InChI is InChI=1S/C19H27N5O4/c1-14(26)17(13-25)23-19(28)16(12-15-8-4-2-5-9-15)22-18(27)10-6-3-7-11-21-24-20/h2,4-5,8-9,13-14,16-17,26H,3,6-7,10-12H2,1H3,(H,22,27)(H,23,28)/t14-,16+,17-/m1/s1. The molecule has 0 spiro atoms. The fourth-order valence-electron chi connectivity index (χ4n) is 2.55. The third-order valence-electron chi connectivity index (χ3n) is 4.13. The zero-order chi connectivity index (χ0) is 20.8. The zero-order valence-electron chi connectivity index (χ0n) is 16.0. The molecule has 1 aromatic rings. The lowest BCUT2D eigenvalue weighted by Gasteiger charge is -2.22. The Morgan fingerprint density at radius 3 is 2.54 bits per heavy atom. The predicted octanol–water partition coefficient (Wildman–Crippen LogP) is 1.65. The molecule has 3 atom stereocenters. The highest BCUT2D eigenvalue weighted by Crippen LogP contribution is 2.06. The van der Waals surface area contributed by atoms with E-state index in [2.05, 4.69) is 20.7 Å². The van der Waals surface area contributed by atoms with E-state index >= 15 is 0 Å². The van der Waals surface area contributed by atoms with Gasteiger partial charge in [-0.15, -0.1) is 0 Å². The summed E-state index contributed by atoms with van der Waals surface area (Å²) >= 11 is 0. The normalized spacial score (nSPS) is 13.5. The van der Waals surface area contributed by atoms with Crippen molar-refractivity contribution in [1.82, 2.24) is 10.6 Å². The Bertz CT molecular complexity index is 674. The summed E-state index contributed by atoms with van der Waals surface area (Å²) in [5.41, 5.74) is 9.07. The van der Waals surface area contributed by atoms with Gasteiger partial charge in [0.2, 0.25) is 11.8 Å². The van der Waals surface area contributed by atoms with Crippen LogP contribution in [0.25, 0.3) is 10.4 Å². The van der Waals surface area contributed by atoms with Gasteiger partial charge >= 0.3 is 0 Å². The molecule has 0 unspecified atom stereocenters. The Kier molecular flexibility index (Phi) is 11.0. The van der Waals surface area contributed by atoms with E-state index in [4.69, 9.17) is 5.53 Å². The summed E-state index contributed by atoms with van der Waals surface area (Å²) in [6.07, 6.45) is 1.97. The molecule has 0 saturated heterocycles. The average molecular weight is 389 g/mol. The first-order valence-corrected chi connectivity index (χ1v) is 9.25. The molecule has 0 bridgehead atoms. The van der Waals surface area contributed by atoms with Gasteiger partial charge in [-0.05, 0) is 30.9 Å². The molecule has 152 valence electrons. The van der Waals surface area contributed by atoms with Crippen molar-refractivity contribution >= 4 is 18.1 Å². The first kappa shape index (κ1) is 23.1. The smallest absolute Gasteiger partial charge is 0.243 e. The van der Waals surface area contributed by atoms with Crippen LogP contribution >= 0.6 is 0 Å².